The highest BCUT2D eigenvalue weighted by molar-refractivity contribution is 5.67. The number of hydrogen-bond donors (Lipinski definition) is 2. The minimum atomic E-state index is 0.0259. The van der Waals surface area contributed by atoms with Crippen molar-refractivity contribution in [3.8, 4) is 0 Å². The van der Waals surface area contributed by atoms with Crippen molar-refractivity contribution >= 4 is 23.1 Å². The first-order valence-electron chi connectivity index (χ1n) is 8.12. The van der Waals surface area contributed by atoms with Crippen LogP contribution in [-0.2, 0) is 4.74 Å². The maximum Gasteiger partial charge on any atom is 0.224 e. The van der Waals surface area contributed by atoms with E-state index in [-0.39, 0.29) is 12.1 Å². The number of aromatic nitrogens is 5. The van der Waals surface area contributed by atoms with Crippen molar-refractivity contribution in [2.45, 2.75) is 12.1 Å². The van der Waals surface area contributed by atoms with Crippen LogP contribution in [0.2, 0.25) is 0 Å². The average Bonchev–Trinajstić information content (AvgIpc) is 3.29. The van der Waals surface area contributed by atoms with Crippen molar-refractivity contribution in [3.05, 3.63) is 36.9 Å². The molecule has 2 N–H and O–H groups in total. The predicted molar refractivity (Wildman–Crippen MR) is 95.0 cm³/mol. The molecule has 1 aliphatic heterocycles. The van der Waals surface area contributed by atoms with Gasteiger partial charge in [-0.15, -0.1) is 0 Å². The van der Waals surface area contributed by atoms with Gasteiger partial charge in [-0.25, -0.2) is 14.5 Å². The number of methoxy groups -OCH3 is 1. The van der Waals surface area contributed by atoms with E-state index in [0.717, 1.165) is 30.2 Å². The Morgan fingerprint density at radius 3 is 3.00 bits per heavy atom. The first kappa shape index (κ1) is 15.6. The zero-order valence-electron chi connectivity index (χ0n) is 14.1. The molecule has 0 radical (unpaired) electrons. The Bertz CT molecular complexity index is 866. The van der Waals surface area contributed by atoms with Crippen LogP contribution < -0.4 is 15.5 Å². The van der Waals surface area contributed by atoms with Gasteiger partial charge in [0.1, 0.15) is 17.7 Å². The third-order valence-corrected chi connectivity index (χ3v) is 4.41. The standard InChI is InChI=1S/C16H20N8O/c1-17-16-18-6-5-14(22-16)23-8-11(13(9-23)25-2)21-15-12-4-3-7-24(12)20-10-19-15/h3-7,10-11,13H,8-9H2,1-2H3,(H,17,18,22)(H,19,20,21)/t11-,13+/m1/s1. The van der Waals surface area contributed by atoms with Crippen LogP contribution >= 0.6 is 0 Å². The Hall–Kier alpha value is -2.94. The third kappa shape index (κ3) is 2.93. The molecule has 0 spiro atoms. The highest BCUT2D eigenvalue weighted by atomic mass is 16.5. The molecule has 0 amide bonds. The summed E-state index contributed by atoms with van der Waals surface area (Å²) in [5.41, 5.74) is 0.940. The van der Waals surface area contributed by atoms with Gasteiger partial charge >= 0.3 is 0 Å². The molecule has 1 fully saturated rings. The zero-order chi connectivity index (χ0) is 17.2. The highest BCUT2D eigenvalue weighted by Crippen LogP contribution is 2.24. The van der Waals surface area contributed by atoms with E-state index in [4.69, 9.17) is 4.74 Å². The Kier molecular flexibility index (Phi) is 4.06. The van der Waals surface area contributed by atoms with Gasteiger partial charge in [0.25, 0.3) is 0 Å². The van der Waals surface area contributed by atoms with Crippen LogP contribution in [0.3, 0.4) is 0 Å². The SMILES string of the molecule is CNc1nccc(N2C[C@H](OC)[C@H](Nc3ncnn4cccc34)C2)n1. The summed E-state index contributed by atoms with van der Waals surface area (Å²) in [5.74, 6) is 2.28. The molecule has 3 aromatic heterocycles. The minimum absolute atomic E-state index is 0.0259. The average molecular weight is 340 g/mol. The van der Waals surface area contributed by atoms with Crippen molar-refractivity contribution < 1.29 is 4.74 Å². The molecule has 3 aromatic rings. The number of nitrogens with zero attached hydrogens (tertiary/aromatic N) is 6. The van der Waals surface area contributed by atoms with Crippen LogP contribution in [0.4, 0.5) is 17.6 Å². The largest absolute Gasteiger partial charge is 0.377 e. The van der Waals surface area contributed by atoms with Crippen LogP contribution in [0.5, 0.6) is 0 Å². The molecule has 4 rings (SSSR count). The van der Waals surface area contributed by atoms with E-state index in [1.54, 1.807) is 24.1 Å². The summed E-state index contributed by atoms with van der Waals surface area (Å²) in [6, 6.07) is 5.93. The van der Waals surface area contributed by atoms with E-state index in [0.29, 0.717) is 5.95 Å². The van der Waals surface area contributed by atoms with Crippen molar-refractivity contribution in [3.63, 3.8) is 0 Å². The molecular formula is C16H20N8O. The maximum atomic E-state index is 5.68. The van der Waals surface area contributed by atoms with Crippen molar-refractivity contribution in [2.24, 2.45) is 0 Å². The summed E-state index contributed by atoms with van der Waals surface area (Å²) in [4.78, 5) is 15.3. The molecule has 130 valence electrons. The highest BCUT2D eigenvalue weighted by Gasteiger charge is 2.34. The first-order valence-corrected chi connectivity index (χ1v) is 8.12. The minimum Gasteiger partial charge on any atom is -0.377 e. The quantitative estimate of drug-likeness (QED) is 0.707. The molecule has 0 bridgehead atoms. The summed E-state index contributed by atoms with van der Waals surface area (Å²) in [6.07, 6.45) is 5.23. The molecule has 9 heteroatoms. The van der Waals surface area contributed by atoms with E-state index < -0.39 is 0 Å². The second kappa shape index (κ2) is 6.52. The number of fused-ring (bicyclic) bond motifs is 1. The lowest BCUT2D eigenvalue weighted by molar-refractivity contribution is 0.113. The Labute approximate surface area is 145 Å². The molecule has 0 aromatic carbocycles. The lowest BCUT2D eigenvalue weighted by Gasteiger charge is -2.19. The van der Waals surface area contributed by atoms with Gasteiger partial charge < -0.3 is 20.3 Å². The summed E-state index contributed by atoms with van der Waals surface area (Å²) < 4.78 is 7.48. The molecule has 2 atom stereocenters. The maximum absolute atomic E-state index is 5.68. The van der Waals surface area contributed by atoms with Crippen molar-refractivity contribution in [2.75, 3.05) is 42.8 Å². The van der Waals surface area contributed by atoms with E-state index >= 15 is 0 Å². The predicted octanol–water partition coefficient (Wildman–Crippen LogP) is 0.877. The number of ether oxygens (including phenoxy) is 1. The van der Waals surface area contributed by atoms with Gasteiger partial charge in [-0.1, -0.05) is 0 Å². The van der Waals surface area contributed by atoms with Crippen LogP contribution in [0.25, 0.3) is 5.52 Å². The van der Waals surface area contributed by atoms with Gasteiger partial charge in [0.15, 0.2) is 5.82 Å². The van der Waals surface area contributed by atoms with E-state index in [2.05, 4.69) is 35.6 Å². The fourth-order valence-corrected chi connectivity index (χ4v) is 3.14. The van der Waals surface area contributed by atoms with Crippen LogP contribution in [0, 0.1) is 0 Å². The molecule has 1 saturated heterocycles. The topological polar surface area (TPSA) is 92.5 Å². The summed E-state index contributed by atoms with van der Waals surface area (Å²) >= 11 is 0. The lowest BCUT2D eigenvalue weighted by Crippen LogP contribution is -2.34. The zero-order valence-corrected chi connectivity index (χ0v) is 14.1. The molecule has 0 saturated carbocycles. The number of anilines is 3. The Morgan fingerprint density at radius 1 is 1.24 bits per heavy atom. The van der Waals surface area contributed by atoms with Gasteiger partial charge in [0.2, 0.25) is 5.95 Å². The molecule has 4 heterocycles. The fourth-order valence-electron chi connectivity index (χ4n) is 3.14. The molecular weight excluding hydrogens is 320 g/mol. The molecule has 0 aliphatic carbocycles. The summed E-state index contributed by atoms with van der Waals surface area (Å²) in [7, 11) is 3.54. The van der Waals surface area contributed by atoms with Crippen LogP contribution in [0.1, 0.15) is 0 Å². The van der Waals surface area contributed by atoms with Crippen molar-refractivity contribution in [1.82, 2.24) is 24.6 Å². The Morgan fingerprint density at radius 2 is 2.16 bits per heavy atom. The van der Waals surface area contributed by atoms with Crippen molar-refractivity contribution in [1.29, 1.82) is 0 Å². The van der Waals surface area contributed by atoms with Gasteiger partial charge in [0.05, 0.1) is 12.1 Å². The summed E-state index contributed by atoms with van der Waals surface area (Å²) in [6.45, 7) is 1.51. The number of rotatable bonds is 5. The van der Waals surface area contributed by atoms with E-state index in [9.17, 15) is 0 Å². The number of hydrogen-bond acceptors (Lipinski definition) is 8. The Balaban J connectivity index is 1.56. The molecule has 9 nitrogen and oxygen atoms in total. The molecule has 1 aliphatic rings. The normalized spacial score (nSPS) is 20.2. The fraction of sp³-hybridized carbons (Fsp3) is 0.375. The van der Waals surface area contributed by atoms with Gasteiger partial charge in [-0.05, 0) is 18.2 Å². The third-order valence-electron chi connectivity index (χ3n) is 4.41. The first-order chi connectivity index (χ1) is 12.3. The molecule has 0 unspecified atom stereocenters. The second-order valence-corrected chi connectivity index (χ2v) is 5.87. The van der Waals surface area contributed by atoms with Crippen LogP contribution in [-0.4, -0.2) is 64.0 Å². The monoisotopic (exact) mass is 340 g/mol. The van der Waals surface area contributed by atoms with E-state index in [1.807, 2.05) is 31.4 Å². The second-order valence-electron chi connectivity index (χ2n) is 5.87. The summed E-state index contributed by atoms with van der Waals surface area (Å²) in [5, 5.41) is 10.7. The smallest absolute Gasteiger partial charge is 0.224 e. The van der Waals surface area contributed by atoms with E-state index in [1.165, 1.54) is 0 Å². The van der Waals surface area contributed by atoms with Gasteiger partial charge in [0, 0.05) is 39.6 Å². The lowest BCUT2D eigenvalue weighted by atomic mass is 10.2. The van der Waals surface area contributed by atoms with Gasteiger partial charge in [-0.2, -0.15) is 10.1 Å². The van der Waals surface area contributed by atoms with Gasteiger partial charge in [-0.3, -0.25) is 0 Å². The molecule has 25 heavy (non-hydrogen) atoms. The van der Waals surface area contributed by atoms with Crippen LogP contribution in [0.15, 0.2) is 36.9 Å². The number of nitrogens with one attached hydrogen (secondary N) is 2.